The van der Waals surface area contributed by atoms with Crippen LogP contribution in [0.15, 0.2) is 38.5 Å². The summed E-state index contributed by atoms with van der Waals surface area (Å²) in [5.74, 6) is 0.375. The predicted molar refractivity (Wildman–Crippen MR) is 83.4 cm³/mol. The summed E-state index contributed by atoms with van der Waals surface area (Å²) in [5, 5.41) is 0. The molecule has 23 heavy (non-hydrogen) atoms. The highest BCUT2D eigenvalue weighted by Gasteiger charge is 2.26. The molecule has 0 aromatic carbocycles. The lowest BCUT2D eigenvalue weighted by molar-refractivity contribution is -0.138. The molecule has 3 heterocycles. The second-order valence-corrected chi connectivity index (χ2v) is 5.24. The summed E-state index contributed by atoms with van der Waals surface area (Å²) in [6.07, 6.45) is 4.88. The van der Waals surface area contributed by atoms with Gasteiger partial charge >= 0.3 is 11.7 Å². The van der Waals surface area contributed by atoms with Crippen LogP contribution in [0.5, 0.6) is 0 Å². The molecule has 8 heteroatoms. The third-order valence-corrected chi connectivity index (χ3v) is 3.80. The second kappa shape index (κ2) is 5.38. The summed E-state index contributed by atoms with van der Waals surface area (Å²) < 4.78 is 7.36. The molecule has 0 bridgehead atoms. The van der Waals surface area contributed by atoms with Gasteiger partial charge < -0.3 is 9.64 Å². The van der Waals surface area contributed by atoms with Gasteiger partial charge in [-0.1, -0.05) is 0 Å². The van der Waals surface area contributed by atoms with Gasteiger partial charge in [-0.05, 0) is 19.1 Å². The molecule has 2 aliphatic heterocycles. The van der Waals surface area contributed by atoms with Crippen LogP contribution in [0.25, 0.3) is 0 Å². The van der Waals surface area contributed by atoms with Crippen LogP contribution in [0.4, 0.5) is 5.82 Å². The van der Waals surface area contributed by atoms with Crippen molar-refractivity contribution in [2.24, 2.45) is 19.1 Å². The highest BCUT2D eigenvalue weighted by atomic mass is 16.5. The van der Waals surface area contributed by atoms with Gasteiger partial charge in [0.05, 0.1) is 24.3 Å². The number of aliphatic imine (C=N–C) groups is 1. The third kappa shape index (κ3) is 2.32. The van der Waals surface area contributed by atoms with Gasteiger partial charge in [0.1, 0.15) is 11.7 Å². The number of carbonyl (C=O) groups is 1. The first-order chi connectivity index (χ1) is 10.9. The molecule has 0 amide bonds. The quantitative estimate of drug-likeness (QED) is 0.714. The van der Waals surface area contributed by atoms with Crippen molar-refractivity contribution in [3.63, 3.8) is 0 Å². The zero-order valence-corrected chi connectivity index (χ0v) is 13.1. The smallest absolute Gasteiger partial charge is 0.338 e. The molecule has 8 nitrogen and oxygen atoms in total. The minimum Gasteiger partial charge on any atom is -0.462 e. The minimum atomic E-state index is -0.438. The molecule has 2 aliphatic rings. The van der Waals surface area contributed by atoms with Crippen LogP contribution in [-0.2, 0) is 30.2 Å². The van der Waals surface area contributed by atoms with Crippen molar-refractivity contribution < 1.29 is 9.53 Å². The number of rotatable bonds is 2. The first-order valence-electron chi connectivity index (χ1n) is 7.15. The fourth-order valence-corrected chi connectivity index (χ4v) is 2.55. The Bertz CT molecular complexity index is 901. The van der Waals surface area contributed by atoms with E-state index in [0.717, 1.165) is 4.57 Å². The molecule has 0 radical (unpaired) electrons. The van der Waals surface area contributed by atoms with E-state index in [2.05, 4.69) is 4.99 Å². The largest absolute Gasteiger partial charge is 0.462 e. The Morgan fingerprint density at radius 1 is 1.30 bits per heavy atom. The average molecular weight is 316 g/mol. The van der Waals surface area contributed by atoms with Crippen LogP contribution in [0.3, 0.4) is 0 Å². The van der Waals surface area contributed by atoms with Gasteiger partial charge in [-0.15, -0.1) is 0 Å². The molecule has 0 fully saturated rings. The number of fused-ring (bicyclic) bond motifs is 2. The fraction of sp³-hybridized carbons (Fsp3) is 0.333. The average Bonchev–Trinajstić information content (AvgIpc) is 2.56. The number of hydrogen-bond acceptors (Lipinski definition) is 6. The number of aromatic nitrogens is 2. The molecule has 0 unspecified atom stereocenters. The molecule has 0 saturated heterocycles. The number of nitrogens with zero attached hydrogens (tertiary/aromatic N) is 4. The van der Waals surface area contributed by atoms with Crippen molar-refractivity contribution in [2.45, 2.75) is 13.5 Å². The van der Waals surface area contributed by atoms with E-state index in [1.54, 1.807) is 37.2 Å². The second-order valence-electron chi connectivity index (χ2n) is 5.24. The Morgan fingerprint density at radius 3 is 2.74 bits per heavy atom. The number of esters is 1. The van der Waals surface area contributed by atoms with E-state index in [0.29, 0.717) is 22.8 Å². The molecule has 0 spiro atoms. The van der Waals surface area contributed by atoms with E-state index in [-0.39, 0.29) is 18.7 Å². The summed E-state index contributed by atoms with van der Waals surface area (Å²) >= 11 is 0. The van der Waals surface area contributed by atoms with Crippen molar-refractivity contribution in [3.05, 3.63) is 50.3 Å². The van der Waals surface area contributed by atoms with E-state index in [4.69, 9.17) is 4.74 Å². The highest BCUT2D eigenvalue weighted by molar-refractivity contribution is 6.06. The van der Waals surface area contributed by atoms with E-state index >= 15 is 0 Å². The molecule has 0 atom stereocenters. The monoisotopic (exact) mass is 316 g/mol. The topological polar surface area (TPSA) is 85.9 Å². The molecule has 0 saturated carbocycles. The summed E-state index contributed by atoms with van der Waals surface area (Å²) in [5.41, 5.74) is 0.0158. The lowest BCUT2D eigenvalue weighted by Gasteiger charge is -2.28. The highest BCUT2D eigenvalue weighted by Crippen LogP contribution is 2.25. The molecule has 120 valence electrons. The zero-order valence-electron chi connectivity index (χ0n) is 13.1. The van der Waals surface area contributed by atoms with Crippen LogP contribution in [-0.4, -0.2) is 32.4 Å². The molecule has 0 aliphatic carbocycles. The molecule has 0 N–H and O–H groups in total. The maximum atomic E-state index is 12.3. The molecular formula is C15H16N4O4. The zero-order chi connectivity index (χ0) is 16.7. The Kier molecular flexibility index (Phi) is 3.51. The van der Waals surface area contributed by atoms with Crippen molar-refractivity contribution in [3.8, 4) is 0 Å². The maximum Gasteiger partial charge on any atom is 0.338 e. The van der Waals surface area contributed by atoms with Gasteiger partial charge in [0.25, 0.3) is 5.56 Å². The first kappa shape index (κ1) is 15.0. The predicted octanol–water partition coefficient (Wildman–Crippen LogP) is -0.0536. The fourth-order valence-electron chi connectivity index (χ4n) is 2.55. The summed E-state index contributed by atoms with van der Waals surface area (Å²) in [4.78, 5) is 42.2. The lowest BCUT2D eigenvalue weighted by atomic mass is 10.1. The van der Waals surface area contributed by atoms with Crippen LogP contribution in [0.2, 0.25) is 0 Å². The van der Waals surface area contributed by atoms with Crippen molar-refractivity contribution in [1.29, 1.82) is 0 Å². The van der Waals surface area contributed by atoms with E-state index < -0.39 is 11.7 Å². The minimum absolute atomic E-state index is 0.285. The van der Waals surface area contributed by atoms with Gasteiger partial charge in [0.2, 0.25) is 0 Å². The molecule has 1 aromatic rings. The van der Waals surface area contributed by atoms with Crippen molar-refractivity contribution in [1.82, 2.24) is 14.0 Å². The number of carbonyl (C=O) groups excluding carboxylic acids is 1. The van der Waals surface area contributed by atoms with Gasteiger partial charge in [-0.2, -0.15) is 0 Å². The molecule has 1 aromatic heterocycles. The van der Waals surface area contributed by atoms with Crippen LogP contribution >= 0.6 is 0 Å². The third-order valence-electron chi connectivity index (χ3n) is 3.80. The SMILES string of the molecule is CCOC(=O)C1=CC2=Nc3c(c(=O)n(C)c(=O)n3C)CN2C=C1. The van der Waals surface area contributed by atoms with Crippen LogP contribution in [0, 0.1) is 0 Å². The first-order valence-corrected chi connectivity index (χ1v) is 7.15. The maximum absolute atomic E-state index is 12.3. The van der Waals surface area contributed by atoms with Gasteiger partial charge in [-0.3, -0.25) is 13.9 Å². The number of amidine groups is 1. The molecular weight excluding hydrogens is 300 g/mol. The normalized spacial score (nSPS) is 15.5. The Labute approximate surface area is 131 Å². The summed E-state index contributed by atoms with van der Waals surface area (Å²) in [7, 11) is 3.00. The lowest BCUT2D eigenvalue weighted by Crippen LogP contribution is -2.42. The van der Waals surface area contributed by atoms with Crippen LogP contribution < -0.4 is 11.2 Å². The van der Waals surface area contributed by atoms with E-state index in [1.165, 1.54) is 11.6 Å². The van der Waals surface area contributed by atoms with E-state index in [1.807, 2.05) is 0 Å². The van der Waals surface area contributed by atoms with Gasteiger partial charge in [0, 0.05) is 20.3 Å². The van der Waals surface area contributed by atoms with Gasteiger partial charge in [0.15, 0.2) is 0 Å². The Morgan fingerprint density at radius 2 is 2.04 bits per heavy atom. The van der Waals surface area contributed by atoms with E-state index in [9.17, 15) is 14.4 Å². The number of ether oxygens (including phenoxy) is 1. The van der Waals surface area contributed by atoms with Crippen molar-refractivity contribution >= 4 is 17.6 Å². The Balaban J connectivity index is 2.13. The summed E-state index contributed by atoms with van der Waals surface area (Å²) in [6.45, 7) is 2.31. The molecule has 3 rings (SSSR count). The van der Waals surface area contributed by atoms with Crippen molar-refractivity contribution in [2.75, 3.05) is 6.61 Å². The summed E-state index contributed by atoms with van der Waals surface area (Å²) in [6, 6.07) is 0. The van der Waals surface area contributed by atoms with Crippen LogP contribution in [0.1, 0.15) is 12.5 Å². The standard InChI is InChI=1S/C15H16N4O4/c1-4-23-14(21)9-5-6-19-8-10-12(16-11(19)7-9)17(2)15(22)18(3)13(10)20/h5-7H,4,8H2,1-3H3. The van der Waals surface area contributed by atoms with Gasteiger partial charge in [-0.25, -0.2) is 14.6 Å². The Hall–Kier alpha value is -2.90. The number of hydrogen-bond donors (Lipinski definition) is 0.